The van der Waals surface area contributed by atoms with Crippen LogP contribution in [0.15, 0.2) is 67.0 Å². The van der Waals surface area contributed by atoms with Crippen molar-refractivity contribution in [3.05, 3.63) is 84.2 Å². The van der Waals surface area contributed by atoms with E-state index in [1.807, 2.05) is 53.2 Å². The summed E-state index contributed by atoms with van der Waals surface area (Å²) >= 11 is 0. The van der Waals surface area contributed by atoms with Crippen molar-refractivity contribution in [2.45, 2.75) is 19.5 Å². The Balaban J connectivity index is 1.59. The van der Waals surface area contributed by atoms with Crippen molar-refractivity contribution in [1.82, 2.24) is 19.5 Å². The molecule has 27 heavy (non-hydrogen) atoms. The molecule has 2 heterocycles. The molecule has 0 fully saturated rings. The van der Waals surface area contributed by atoms with E-state index in [-0.39, 0.29) is 0 Å². The highest BCUT2D eigenvalue weighted by Gasteiger charge is 2.15. The molecule has 0 aliphatic carbocycles. The first-order valence-electron chi connectivity index (χ1n) is 8.53. The van der Waals surface area contributed by atoms with E-state index in [1.54, 1.807) is 18.3 Å². The highest BCUT2D eigenvalue weighted by atomic mass is 19.3. The molecule has 5 nitrogen and oxygen atoms in total. The molecule has 2 aromatic carbocycles. The second-order valence-corrected chi connectivity index (χ2v) is 6.06. The number of alkyl halides is 2. The van der Waals surface area contributed by atoms with Gasteiger partial charge in [-0.1, -0.05) is 42.5 Å². The van der Waals surface area contributed by atoms with Crippen LogP contribution in [0.5, 0.6) is 0 Å². The zero-order valence-electron chi connectivity index (χ0n) is 14.4. The fourth-order valence-corrected chi connectivity index (χ4v) is 2.92. The SMILES string of the molecule is FC(F)c1nc(NCc2nccn2Cc2ccccc2)c2ccccc2n1. The van der Waals surface area contributed by atoms with Gasteiger partial charge in [0.25, 0.3) is 6.43 Å². The molecule has 0 unspecified atom stereocenters. The quantitative estimate of drug-likeness (QED) is 0.549. The van der Waals surface area contributed by atoms with Gasteiger partial charge in [-0.15, -0.1) is 0 Å². The van der Waals surface area contributed by atoms with Gasteiger partial charge >= 0.3 is 0 Å². The number of para-hydroxylation sites is 1. The number of hydrogen-bond acceptors (Lipinski definition) is 4. The van der Waals surface area contributed by atoms with Gasteiger partial charge in [0.05, 0.1) is 12.1 Å². The van der Waals surface area contributed by atoms with Crippen LogP contribution in [-0.4, -0.2) is 19.5 Å². The van der Waals surface area contributed by atoms with E-state index in [0.717, 1.165) is 11.4 Å². The van der Waals surface area contributed by atoms with Crippen molar-refractivity contribution >= 4 is 16.7 Å². The van der Waals surface area contributed by atoms with Crippen molar-refractivity contribution in [2.75, 3.05) is 5.32 Å². The van der Waals surface area contributed by atoms with Crippen LogP contribution in [0.25, 0.3) is 10.9 Å². The molecular weight excluding hydrogens is 348 g/mol. The Labute approximate surface area is 154 Å². The van der Waals surface area contributed by atoms with Crippen LogP contribution in [0.1, 0.15) is 23.6 Å². The number of halogens is 2. The summed E-state index contributed by atoms with van der Waals surface area (Å²) in [5, 5.41) is 3.84. The molecule has 2 aromatic heterocycles. The molecule has 0 aliphatic heterocycles. The lowest BCUT2D eigenvalue weighted by Crippen LogP contribution is -2.11. The maximum atomic E-state index is 13.1. The van der Waals surface area contributed by atoms with Gasteiger partial charge in [-0.05, 0) is 17.7 Å². The number of nitrogens with zero attached hydrogens (tertiary/aromatic N) is 4. The van der Waals surface area contributed by atoms with Crippen LogP contribution in [0, 0.1) is 0 Å². The molecule has 0 bridgehead atoms. The van der Waals surface area contributed by atoms with Gasteiger partial charge < -0.3 is 9.88 Å². The third-order valence-electron chi connectivity index (χ3n) is 4.23. The first-order chi connectivity index (χ1) is 13.2. The smallest absolute Gasteiger partial charge is 0.297 e. The lowest BCUT2D eigenvalue weighted by Gasteiger charge is -2.12. The van der Waals surface area contributed by atoms with Crippen LogP contribution < -0.4 is 5.32 Å². The molecule has 0 saturated heterocycles. The van der Waals surface area contributed by atoms with Crippen LogP contribution in [0.2, 0.25) is 0 Å². The highest BCUT2D eigenvalue weighted by Crippen LogP contribution is 2.24. The van der Waals surface area contributed by atoms with E-state index in [9.17, 15) is 8.78 Å². The molecule has 0 saturated carbocycles. The summed E-state index contributed by atoms with van der Waals surface area (Å²) < 4.78 is 28.3. The average molecular weight is 365 g/mol. The van der Waals surface area contributed by atoms with Gasteiger partial charge in [0.15, 0.2) is 5.82 Å². The first kappa shape index (κ1) is 17.1. The fourth-order valence-electron chi connectivity index (χ4n) is 2.92. The summed E-state index contributed by atoms with van der Waals surface area (Å²) in [6.45, 7) is 1.05. The highest BCUT2D eigenvalue weighted by molar-refractivity contribution is 5.88. The van der Waals surface area contributed by atoms with E-state index in [0.29, 0.717) is 29.8 Å². The minimum absolute atomic E-state index is 0.365. The Bertz CT molecular complexity index is 1050. The van der Waals surface area contributed by atoms with Crippen molar-refractivity contribution in [1.29, 1.82) is 0 Å². The molecule has 0 atom stereocenters. The number of aromatic nitrogens is 4. The maximum absolute atomic E-state index is 13.1. The minimum atomic E-state index is -2.73. The molecule has 4 rings (SSSR count). The number of fused-ring (bicyclic) bond motifs is 1. The normalized spacial score (nSPS) is 11.2. The van der Waals surface area contributed by atoms with Crippen LogP contribution in [0.4, 0.5) is 14.6 Å². The molecule has 136 valence electrons. The van der Waals surface area contributed by atoms with Crippen LogP contribution >= 0.6 is 0 Å². The van der Waals surface area contributed by atoms with E-state index < -0.39 is 12.2 Å². The summed E-state index contributed by atoms with van der Waals surface area (Å²) in [7, 11) is 0. The molecule has 0 radical (unpaired) electrons. The maximum Gasteiger partial charge on any atom is 0.297 e. The summed E-state index contributed by atoms with van der Waals surface area (Å²) in [5.41, 5.74) is 1.64. The largest absolute Gasteiger partial charge is 0.362 e. The summed E-state index contributed by atoms with van der Waals surface area (Å²) in [6.07, 6.45) is 0.894. The molecular formula is C20H17F2N5. The first-order valence-corrected chi connectivity index (χ1v) is 8.53. The number of imidazole rings is 1. The summed E-state index contributed by atoms with van der Waals surface area (Å²) in [6, 6.07) is 17.1. The Morgan fingerprint density at radius 1 is 0.963 bits per heavy atom. The number of benzene rings is 2. The van der Waals surface area contributed by atoms with Crippen LogP contribution in [0.3, 0.4) is 0 Å². The van der Waals surface area contributed by atoms with Gasteiger partial charge in [-0.3, -0.25) is 0 Å². The van der Waals surface area contributed by atoms with Crippen molar-refractivity contribution in [2.24, 2.45) is 0 Å². The zero-order valence-corrected chi connectivity index (χ0v) is 14.4. The molecule has 0 amide bonds. The summed E-state index contributed by atoms with van der Waals surface area (Å²) in [4.78, 5) is 12.3. The zero-order chi connectivity index (χ0) is 18.6. The van der Waals surface area contributed by atoms with Gasteiger partial charge in [0, 0.05) is 24.3 Å². The van der Waals surface area contributed by atoms with Crippen molar-refractivity contribution in [3.8, 4) is 0 Å². The van der Waals surface area contributed by atoms with Gasteiger partial charge in [0.1, 0.15) is 11.6 Å². The fraction of sp³-hybridized carbons (Fsp3) is 0.150. The van der Waals surface area contributed by atoms with Crippen molar-refractivity contribution < 1.29 is 8.78 Å². The predicted molar refractivity (Wildman–Crippen MR) is 99.6 cm³/mol. The predicted octanol–water partition coefficient (Wildman–Crippen LogP) is 4.42. The van der Waals surface area contributed by atoms with Gasteiger partial charge in [0.2, 0.25) is 0 Å². The monoisotopic (exact) mass is 365 g/mol. The Hall–Kier alpha value is -3.35. The second-order valence-electron chi connectivity index (χ2n) is 6.06. The average Bonchev–Trinajstić information content (AvgIpc) is 3.13. The van der Waals surface area contributed by atoms with E-state index in [2.05, 4.69) is 20.3 Å². The number of hydrogen-bond donors (Lipinski definition) is 1. The van der Waals surface area contributed by atoms with Gasteiger partial charge in [-0.2, -0.15) is 0 Å². The van der Waals surface area contributed by atoms with Crippen molar-refractivity contribution in [3.63, 3.8) is 0 Å². The third kappa shape index (κ3) is 3.76. The number of rotatable bonds is 6. The second kappa shape index (κ2) is 7.49. The number of nitrogens with one attached hydrogen (secondary N) is 1. The molecule has 1 N–H and O–H groups in total. The van der Waals surface area contributed by atoms with Crippen LogP contribution in [-0.2, 0) is 13.1 Å². The van der Waals surface area contributed by atoms with E-state index in [4.69, 9.17) is 0 Å². The molecule has 4 aromatic rings. The van der Waals surface area contributed by atoms with Gasteiger partial charge in [-0.25, -0.2) is 23.7 Å². The standard InChI is InChI=1S/C20H17F2N5/c21-18(22)20-25-16-9-5-4-8-15(16)19(26-20)24-12-17-23-10-11-27(17)13-14-6-2-1-3-7-14/h1-11,18H,12-13H2,(H,24,25,26). The lowest BCUT2D eigenvalue weighted by atomic mass is 10.2. The molecule has 0 spiro atoms. The molecule has 7 heteroatoms. The third-order valence-corrected chi connectivity index (χ3v) is 4.23. The molecule has 0 aliphatic rings. The van der Waals surface area contributed by atoms with E-state index in [1.165, 1.54) is 0 Å². The number of anilines is 1. The Morgan fingerprint density at radius 3 is 2.56 bits per heavy atom. The lowest BCUT2D eigenvalue weighted by molar-refractivity contribution is 0.141. The Kier molecular flexibility index (Phi) is 4.74. The minimum Gasteiger partial charge on any atom is -0.362 e. The Morgan fingerprint density at radius 2 is 1.74 bits per heavy atom. The van der Waals surface area contributed by atoms with E-state index >= 15 is 0 Å². The topological polar surface area (TPSA) is 55.6 Å². The summed E-state index contributed by atoms with van der Waals surface area (Å²) in [5.74, 6) is 0.689.